The van der Waals surface area contributed by atoms with Crippen molar-refractivity contribution in [3.8, 4) is 0 Å². The zero-order chi connectivity index (χ0) is 35.7. The molecule has 0 bridgehead atoms. The molecule has 0 aromatic heterocycles. The van der Waals surface area contributed by atoms with E-state index in [0.29, 0.717) is 18.4 Å². The number of carbonyl (C=O) groups is 4. The largest absolute Gasteiger partial charge is 0.458 e. The van der Waals surface area contributed by atoms with Crippen molar-refractivity contribution >= 4 is 23.9 Å². The maximum atomic E-state index is 14.7. The van der Waals surface area contributed by atoms with Crippen LogP contribution in [0.5, 0.6) is 0 Å². The number of aryl methyl sites for hydroxylation is 1. The van der Waals surface area contributed by atoms with Gasteiger partial charge in [0, 0.05) is 12.5 Å². The van der Waals surface area contributed by atoms with Gasteiger partial charge in [-0.15, -0.1) is 0 Å². The zero-order valence-electron chi connectivity index (χ0n) is 30.5. The molecule has 0 saturated heterocycles. The highest BCUT2D eigenvalue weighted by molar-refractivity contribution is 5.94. The normalized spacial score (nSPS) is 15.0. The molecule has 2 rings (SSSR count). The molecule has 260 valence electrons. The summed E-state index contributed by atoms with van der Waals surface area (Å²) in [6.45, 7) is 22.2. The van der Waals surface area contributed by atoms with Crippen LogP contribution in [0.3, 0.4) is 0 Å². The van der Waals surface area contributed by atoms with Gasteiger partial charge < -0.3 is 25.0 Å². The van der Waals surface area contributed by atoms with Crippen molar-refractivity contribution in [3.63, 3.8) is 0 Å². The van der Waals surface area contributed by atoms with Gasteiger partial charge in [0.25, 0.3) is 0 Å². The molecule has 2 aromatic carbocycles. The van der Waals surface area contributed by atoms with E-state index in [2.05, 4.69) is 10.6 Å². The molecular weight excluding hydrogens is 594 g/mol. The number of nitrogens with zero attached hydrogens (tertiary/aromatic N) is 1. The first-order valence-electron chi connectivity index (χ1n) is 16.7. The Hall–Kier alpha value is -3.88. The highest BCUT2D eigenvalue weighted by Crippen LogP contribution is 2.31. The van der Waals surface area contributed by atoms with E-state index in [1.54, 1.807) is 46.4 Å². The molecule has 0 heterocycles. The van der Waals surface area contributed by atoms with E-state index in [4.69, 9.17) is 9.47 Å². The molecule has 0 radical (unpaired) electrons. The number of amides is 3. The Kier molecular flexibility index (Phi) is 14.0. The van der Waals surface area contributed by atoms with Gasteiger partial charge in [-0.05, 0) is 96.9 Å². The lowest BCUT2D eigenvalue weighted by molar-refractivity contribution is -0.159. The van der Waals surface area contributed by atoms with E-state index in [1.807, 2.05) is 90.1 Å². The van der Waals surface area contributed by atoms with Crippen LogP contribution < -0.4 is 10.6 Å². The van der Waals surface area contributed by atoms with Crippen LogP contribution in [0.15, 0.2) is 48.5 Å². The number of nitrogens with one attached hydrogen (secondary N) is 2. The molecule has 0 aliphatic rings. The van der Waals surface area contributed by atoms with Gasteiger partial charge in [0.1, 0.15) is 29.3 Å². The summed E-state index contributed by atoms with van der Waals surface area (Å²) in [6.07, 6.45) is 0.632. The van der Waals surface area contributed by atoms with Crippen LogP contribution in [-0.2, 0) is 30.3 Å². The van der Waals surface area contributed by atoms with Gasteiger partial charge >= 0.3 is 12.1 Å². The maximum absolute atomic E-state index is 14.7. The Morgan fingerprint density at radius 1 is 0.787 bits per heavy atom. The van der Waals surface area contributed by atoms with Gasteiger partial charge in [-0.25, -0.2) is 9.59 Å². The molecule has 0 saturated carbocycles. The van der Waals surface area contributed by atoms with Crippen molar-refractivity contribution in [1.29, 1.82) is 0 Å². The van der Waals surface area contributed by atoms with Crippen LogP contribution in [0.2, 0.25) is 0 Å². The second kappa shape index (κ2) is 16.8. The van der Waals surface area contributed by atoms with Gasteiger partial charge in [0.15, 0.2) is 0 Å². The highest BCUT2D eigenvalue weighted by Gasteiger charge is 2.42. The summed E-state index contributed by atoms with van der Waals surface area (Å²) in [5.74, 6) is -1.76. The lowest BCUT2D eigenvalue weighted by atomic mass is 9.91. The van der Waals surface area contributed by atoms with E-state index in [-0.39, 0.29) is 12.3 Å². The number of esters is 1. The predicted molar refractivity (Wildman–Crippen MR) is 186 cm³/mol. The average molecular weight is 652 g/mol. The molecule has 0 fully saturated rings. The monoisotopic (exact) mass is 651 g/mol. The van der Waals surface area contributed by atoms with Crippen molar-refractivity contribution in [1.82, 2.24) is 15.5 Å². The van der Waals surface area contributed by atoms with E-state index >= 15 is 0 Å². The minimum absolute atomic E-state index is 0.202. The molecule has 2 N–H and O–H groups in total. The fourth-order valence-electron chi connectivity index (χ4n) is 5.23. The zero-order valence-corrected chi connectivity index (χ0v) is 30.5. The number of carbonyl (C=O) groups excluding carboxylic acids is 4. The predicted octanol–water partition coefficient (Wildman–Crippen LogP) is 6.98. The number of alkyl carbamates (subject to hydrolysis) is 1. The standard InChI is InChI=1S/C38H57N3O6/c1-13-24(3)31(40-36(45)47-38(10,11)12)34(43)41(26(5)14-2)32(29-22-18-19-25(4)27(29)6)33(42)39-30(35(44)46-37(7,8)9)23-28-20-16-15-17-21-28/h15-22,24,26,30-32H,13-14,23H2,1-12H3,(H,39,42)(H,40,45). The Morgan fingerprint density at radius 3 is 1.91 bits per heavy atom. The van der Waals surface area contributed by atoms with Crippen molar-refractivity contribution < 1.29 is 28.7 Å². The molecule has 2 aromatic rings. The Labute approximate surface area is 282 Å². The van der Waals surface area contributed by atoms with Crippen LogP contribution in [0.1, 0.15) is 110 Å². The minimum atomic E-state index is -1.11. The van der Waals surface area contributed by atoms with Crippen molar-refractivity contribution in [2.24, 2.45) is 5.92 Å². The summed E-state index contributed by atoms with van der Waals surface area (Å²) >= 11 is 0. The quantitative estimate of drug-likeness (QED) is 0.226. The first-order chi connectivity index (χ1) is 21.8. The summed E-state index contributed by atoms with van der Waals surface area (Å²) in [5.41, 5.74) is 1.75. The van der Waals surface area contributed by atoms with Crippen molar-refractivity contribution in [2.45, 2.75) is 138 Å². The summed E-state index contributed by atoms with van der Waals surface area (Å²) in [5, 5.41) is 5.80. The molecule has 9 heteroatoms. The molecule has 47 heavy (non-hydrogen) atoms. The van der Waals surface area contributed by atoms with E-state index < -0.39 is 59.2 Å². The molecular formula is C38H57N3O6. The van der Waals surface area contributed by atoms with Gasteiger partial charge in [-0.2, -0.15) is 0 Å². The van der Waals surface area contributed by atoms with Crippen molar-refractivity contribution in [3.05, 3.63) is 70.8 Å². The molecule has 0 aliphatic heterocycles. The fraction of sp³-hybridized carbons (Fsp3) is 0.579. The van der Waals surface area contributed by atoms with Gasteiger partial charge in [-0.3, -0.25) is 9.59 Å². The van der Waals surface area contributed by atoms with Crippen molar-refractivity contribution in [2.75, 3.05) is 0 Å². The van der Waals surface area contributed by atoms with E-state index in [0.717, 1.165) is 16.7 Å². The van der Waals surface area contributed by atoms with Crippen LogP contribution in [0.4, 0.5) is 4.79 Å². The summed E-state index contributed by atoms with van der Waals surface area (Å²) in [6, 6.07) is 11.6. The molecule has 0 aliphatic carbocycles. The Bertz CT molecular complexity index is 1360. The molecule has 3 amide bonds. The van der Waals surface area contributed by atoms with Crippen LogP contribution in [0, 0.1) is 19.8 Å². The third-order valence-corrected chi connectivity index (χ3v) is 8.23. The van der Waals surface area contributed by atoms with Gasteiger partial charge in [-0.1, -0.05) is 75.7 Å². The number of rotatable bonds is 13. The van der Waals surface area contributed by atoms with Gasteiger partial charge in [0.05, 0.1) is 0 Å². The number of hydrogen-bond donors (Lipinski definition) is 2. The number of ether oxygens (including phenoxy) is 2. The number of hydrogen-bond acceptors (Lipinski definition) is 6. The Morgan fingerprint density at radius 2 is 1.38 bits per heavy atom. The average Bonchev–Trinajstić information content (AvgIpc) is 2.97. The molecule has 5 atom stereocenters. The van der Waals surface area contributed by atoms with Crippen LogP contribution in [-0.4, -0.2) is 58.1 Å². The molecule has 9 nitrogen and oxygen atoms in total. The third-order valence-electron chi connectivity index (χ3n) is 8.23. The first-order valence-corrected chi connectivity index (χ1v) is 16.7. The molecule has 5 unspecified atom stereocenters. The van der Waals surface area contributed by atoms with E-state index in [9.17, 15) is 19.2 Å². The van der Waals surface area contributed by atoms with Crippen LogP contribution >= 0.6 is 0 Å². The number of benzene rings is 2. The van der Waals surface area contributed by atoms with E-state index in [1.165, 1.54) is 0 Å². The fourth-order valence-corrected chi connectivity index (χ4v) is 5.23. The van der Waals surface area contributed by atoms with Crippen LogP contribution in [0.25, 0.3) is 0 Å². The summed E-state index contributed by atoms with van der Waals surface area (Å²) in [4.78, 5) is 57.6. The lowest BCUT2D eigenvalue weighted by Gasteiger charge is -2.40. The smallest absolute Gasteiger partial charge is 0.408 e. The van der Waals surface area contributed by atoms with Gasteiger partial charge in [0.2, 0.25) is 11.8 Å². The molecule has 0 spiro atoms. The topological polar surface area (TPSA) is 114 Å². The SMILES string of the molecule is CCC(C)C(NC(=O)OC(C)(C)C)C(=O)N(C(C)CC)C(C(=O)NC(Cc1ccccc1)C(=O)OC(C)(C)C)c1cccc(C)c1C. The second-order valence-electron chi connectivity index (χ2n) is 14.5. The third kappa shape index (κ3) is 11.7. The minimum Gasteiger partial charge on any atom is -0.458 e. The second-order valence-corrected chi connectivity index (χ2v) is 14.5. The highest BCUT2D eigenvalue weighted by atomic mass is 16.6. The first kappa shape index (κ1) is 39.3. The maximum Gasteiger partial charge on any atom is 0.408 e. The lowest BCUT2D eigenvalue weighted by Crippen LogP contribution is -2.58. The Balaban J connectivity index is 2.71. The summed E-state index contributed by atoms with van der Waals surface area (Å²) < 4.78 is 11.3. The summed E-state index contributed by atoms with van der Waals surface area (Å²) in [7, 11) is 0.